The summed E-state index contributed by atoms with van der Waals surface area (Å²) in [6.45, 7) is 3.01. The van der Waals surface area contributed by atoms with Crippen molar-refractivity contribution in [2.45, 2.75) is 13.8 Å². The highest BCUT2D eigenvalue weighted by Crippen LogP contribution is 2.27. The van der Waals surface area contributed by atoms with Crippen molar-refractivity contribution < 1.29 is 13.9 Å². The number of hydrogen-bond donors (Lipinski definition) is 0. The topological polar surface area (TPSA) is 26.3 Å². The van der Waals surface area contributed by atoms with Gasteiger partial charge >= 0.3 is 5.97 Å². The minimum absolute atomic E-state index is 0.249. The molecule has 1 aromatic rings. The molecule has 0 aliphatic carbocycles. The first-order valence-electron chi connectivity index (χ1n) is 3.65. The molecule has 0 spiro atoms. The first kappa shape index (κ1) is 10.2. The summed E-state index contributed by atoms with van der Waals surface area (Å²) in [6, 6.07) is 2.50. The molecule has 0 amide bonds. The van der Waals surface area contributed by atoms with Crippen LogP contribution in [-0.2, 0) is 4.79 Å². The van der Waals surface area contributed by atoms with Crippen molar-refractivity contribution in [3.8, 4) is 5.75 Å². The lowest BCUT2D eigenvalue weighted by molar-refractivity contribution is -0.131. The van der Waals surface area contributed by atoms with Gasteiger partial charge in [-0.3, -0.25) is 4.79 Å². The molecular weight excluding hydrogens is 239 g/mol. The Morgan fingerprint density at radius 2 is 2.15 bits per heavy atom. The third-order valence-electron chi connectivity index (χ3n) is 1.52. The van der Waals surface area contributed by atoms with Crippen LogP contribution < -0.4 is 4.74 Å². The van der Waals surface area contributed by atoms with Crippen LogP contribution in [0.4, 0.5) is 4.39 Å². The van der Waals surface area contributed by atoms with Crippen LogP contribution in [0.15, 0.2) is 16.6 Å². The van der Waals surface area contributed by atoms with Gasteiger partial charge in [0.25, 0.3) is 0 Å². The van der Waals surface area contributed by atoms with Crippen LogP contribution in [-0.4, -0.2) is 5.97 Å². The molecule has 0 aliphatic rings. The fourth-order valence-electron chi connectivity index (χ4n) is 0.883. The molecule has 0 saturated carbocycles. The number of ether oxygens (including phenoxy) is 1. The molecule has 0 saturated heterocycles. The number of carbonyl (C=O) groups excluding carboxylic acids is 1. The molecule has 70 valence electrons. The third kappa shape index (κ3) is 2.52. The number of hydrogen-bond acceptors (Lipinski definition) is 2. The first-order valence-corrected chi connectivity index (χ1v) is 4.44. The summed E-state index contributed by atoms with van der Waals surface area (Å²) < 4.78 is 18.2. The second kappa shape index (κ2) is 3.87. The largest absolute Gasteiger partial charge is 0.426 e. The van der Waals surface area contributed by atoms with E-state index in [1.807, 2.05) is 0 Å². The van der Waals surface area contributed by atoms with Crippen LogP contribution in [0.5, 0.6) is 5.75 Å². The van der Waals surface area contributed by atoms with Crippen molar-refractivity contribution >= 4 is 21.9 Å². The van der Waals surface area contributed by atoms with Gasteiger partial charge in [-0.25, -0.2) is 4.39 Å². The number of rotatable bonds is 1. The Bertz CT molecular complexity index is 350. The van der Waals surface area contributed by atoms with Gasteiger partial charge in [0.2, 0.25) is 0 Å². The van der Waals surface area contributed by atoms with Crippen molar-refractivity contribution in [1.82, 2.24) is 0 Å². The first-order chi connectivity index (χ1) is 6.00. The van der Waals surface area contributed by atoms with Gasteiger partial charge in [-0.2, -0.15) is 0 Å². The minimum Gasteiger partial charge on any atom is -0.426 e. The normalized spacial score (nSPS) is 9.85. The zero-order valence-electron chi connectivity index (χ0n) is 7.23. The monoisotopic (exact) mass is 246 g/mol. The van der Waals surface area contributed by atoms with Crippen molar-refractivity contribution in [3.05, 3.63) is 28.0 Å². The molecule has 0 aromatic heterocycles. The average Bonchev–Trinajstić information content (AvgIpc) is 1.98. The van der Waals surface area contributed by atoms with Crippen LogP contribution in [0.3, 0.4) is 0 Å². The Balaban J connectivity index is 3.12. The van der Waals surface area contributed by atoms with E-state index in [1.165, 1.54) is 19.1 Å². The summed E-state index contributed by atoms with van der Waals surface area (Å²) in [4.78, 5) is 10.6. The number of esters is 1. The molecule has 0 fully saturated rings. The quantitative estimate of drug-likeness (QED) is 0.563. The number of halogens is 2. The highest BCUT2D eigenvalue weighted by atomic mass is 79.9. The molecule has 0 aliphatic heterocycles. The van der Waals surface area contributed by atoms with E-state index in [2.05, 4.69) is 15.9 Å². The lowest BCUT2D eigenvalue weighted by Crippen LogP contribution is -2.03. The molecule has 0 unspecified atom stereocenters. The maximum absolute atomic E-state index is 12.8. The molecule has 1 rings (SSSR count). The second-order valence-electron chi connectivity index (χ2n) is 2.60. The Morgan fingerprint density at radius 1 is 1.54 bits per heavy atom. The fourth-order valence-corrected chi connectivity index (χ4v) is 1.30. The van der Waals surface area contributed by atoms with Crippen molar-refractivity contribution in [3.63, 3.8) is 0 Å². The average molecular weight is 247 g/mol. The maximum Gasteiger partial charge on any atom is 0.308 e. The van der Waals surface area contributed by atoms with Crippen molar-refractivity contribution in [1.29, 1.82) is 0 Å². The molecular formula is C9H8BrFO2. The maximum atomic E-state index is 12.8. The van der Waals surface area contributed by atoms with Crippen LogP contribution in [0, 0.1) is 12.7 Å². The van der Waals surface area contributed by atoms with E-state index < -0.39 is 11.8 Å². The Kier molecular flexibility index (Phi) is 3.03. The van der Waals surface area contributed by atoms with Crippen LogP contribution in [0.2, 0.25) is 0 Å². The third-order valence-corrected chi connectivity index (χ3v) is 2.34. The Hall–Kier alpha value is -0.900. The van der Waals surface area contributed by atoms with E-state index in [1.54, 1.807) is 6.92 Å². The van der Waals surface area contributed by atoms with E-state index in [4.69, 9.17) is 4.74 Å². The standard InChI is InChI=1S/C9H8BrFO2/c1-5-8(10)3-7(11)4-9(5)13-6(2)12/h3-4H,1-2H3. The predicted octanol–water partition coefficient (Wildman–Crippen LogP) is 2.82. The van der Waals surface area contributed by atoms with Gasteiger partial charge in [0.05, 0.1) is 0 Å². The second-order valence-corrected chi connectivity index (χ2v) is 3.46. The van der Waals surface area contributed by atoms with E-state index >= 15 is 0 Å². The van der Waals surface area contributed by atoms with E-state index in [0.717, 1.165) is 0 Å². The lowest BCUT2D eigenvalue weighted by Gasteiger charge is -2.06. The molecule has 0 heterocycles. The zero-order valence-corrected chi connectivity index (χ0v) is 8.81. The molecule has 4 heteroatoms. The zero-order chi connectivity index (χ0) is 10.0. The highest BCUT2D eigenvalue weighted by Gasteiger charge is 2.08. The molecule has 2 nitrogen and oxygen atoms in total. The highest BCUT2D eigenvalue weighted by molar-refractivity contribution is 9.10. The molecule has 0 atom stereocenters. The van der Waals surface area contributed by atoms with Gasteiger partial charge in [-0.05, 0) is 13.0 Å². The predicted molar refractivity (Wildman–Crippen MR) is 50.1 cm³/mol. The van der Waals surface area contributed by atoms with Crippen molar-refractivity contribution in [2.75, 3.05) is 0 Å². The Labute approximate surface area is 83.8 Å². The molecule has 1 aromatic carbocycles. The van der Waals surface area contributed by atoms with Gasteiger partial charge in [-0.1, -0.05) is 15.9 Å². The molecule has 0 radical (unpaired) electrons. The summed E-state index contributed by atoms with van der Waals surface area (Å²) in [5.41, 5.74) is 0.705. The van der Waals surface area contributed by atoms with Gasteiger partial charge in [0.1, 0.15) is 11.6 Å². The smallest absolute Gasteiger partial charge is 0.308 e. The van der Waals surface area contributed by atoms with Gasteiger partial charge < -0.3 is 4.74 Å². The van der Waals surface area contributed by atoms with E-state index in [9.17, 15) is 9.18 Å². The number of carbonyl (C=O) groups is 1. The summed E-state index contributed by atoms with van der Waals surface area (Å²) in [7, 11) is 0. The SMILES string of the molecule is CC(=O)Oc1cc(F)cc(Br)c1C. The minimum atomic E-state index is -0.458. The summed E-state index contributed by atoms with van der Waals surface area (Å²) in [5, 5.41) is 0. The summed E-state index contributed by atoms with van der Waals surface area (Å²) in [5.74, 6) is -0.645. The molecule has 0 N–H and O–H groups in total. The van der Waals surface area contributed by atoms with Crippen LogP contribution in [0.25, 0.3) is 0 Å². The van der Waals surface area contributed by atoms with Gasteiger partial charge in [-0.15, -0.1) is 0 Å². The summed E-state index contributed by atoms with van der Waals surface area (Å²) >= 11 is 3.16. The molecule has 0 bridgehead atoms. The summed E-state index contributed by atoms with van der Waals surface area (Å²) in [6.07, 6.45) is 0. The van der Waals surface area contributed by atoms with E-state index in [0.29, 0.717) is 10.0 Å². The molecule has 13 heavy (non-hydrogen) atoms. The lowest BCUT2D eigenvalue weighted by atomic mass is 10.2. The van der Waals surface area contributed by atoms with Crippen LogP contribution >= 0.6 is 15.9 Å². The van der Waals surface area contributed by atoms with Gasteiger partial charge in [0.15, 0.2) is 0 Å². The Morgan fingerprint density at radius 3 is 2.69 bits per heavy atom. The van der Waals surface area contributed by atoms with E-state index in [-0.39, 0.29) is 5.75 Å². The number of benzene rings is 1. The van der Waals surface area contributed by atoms with Crippen LogP contribution in [0.1, 0.15) is 12.5 Å². The van der Waals surface area contributed by atoms with Crippen molar-refractivity contribution in [2.24, 2.45) is 0 Å². The van der Waals surface area contributed by atoms with Gasteiger partial charge in [0, 0.05) is 23.0 Å². The fraction of sp³-hybridized carbons (Fsp3) is 0.222.